The minimum Gasteiger partial charge on any atom is -0.396 e. The molecular weight excluding hydrogens is 1150 g/mol. The van der Waals surface area contributed by atoms with Crippen molar-refractivity contribution in [1.82, 2.24) is 0 Å². The zero-order valence-corrected chi connectivity index (χ0v) is 50.8. The van der Waals surface area contributed by atoms with Crippen molar-refractivity contribution in [2.45, 2.75) is 137 Å². The second-order valence-corrected chi connectivity index (χ2v) is 22.6. The second-order valence-electron chi connectivity index (χ2n) is 22.6. The fourth-order valence-electron chi connectivity index (χ4n) is 11.4. The first-order chi connectivity index (χ1) is 42.6. The minimum absolute atomic E-state index is 0.0429. The van der Waals surface area contributed by atoms with Gasteiger partial charge in [0.2, 0.25) is 0 Å². The molecule has 0 saturated heterocycles. The molecule has 4 aromatic carbocycles. The van der Waals surface area contributed by atoms with Gasteiger partial charge in [-0.3, -0.25) is 0 Å². The Morgan fingerprint density at radius 1 is 0.216 bits per heavy atom. The van der Waals surface area contributed by atoms with E-state index in [1.54, 1.807) is 66.7 Å². The zero-order valence-electron chi connectivity index (χ0n) is 50.8. The van der Waals surface area contributed by atoms with Gasteiger partial charge in [-0.1, -0.05) is 66.7 Å². The topological polar surface area (TPSA) is 465 Å². The van der Waals surface area contributed by atoms with Crippen LogP contribution in [-0.4, -0.2) is 184 Å². The lowest BCUT2D eigenvalue weighted by Crippen LogP contribution is -2.38. The normalized spacial score (nSPS) is 22.0. The molecule has 3 aliphatic rings. The first kappa shape index (κ1) is 82.0. The van der Waals surface area contributed by atoms with Crippen LogP contribution in [0.1, 0.15) is 124 Å². The van der Waals surface area contributed by atoms with Crippen LogP contribution in [0, 0.1) is 59.2 Å². The number of aliphatic hydroxyl groups is 23. The molecule has 0 aliphatic heterocycles. The van der Waals surface area contributed by atoms with Crippen molar-refractivity contribution in [2.75, 3.05) is 66.1 Å². The lowest BCUT2D eigenvalue weighted by molar-refractivity contribution is -0.00563. The average molecular weight is 1260 g/mol. The van der Waals surface area contributed by atoms with Crippen molar-refractivity contribution in [3.05, 3.63) is 139 Å². The largest absolute Gasteiger partial charge is 0.396 e. The maximum absolute atomic E-state index is 9.11. The summed E-state index contributed by atoms with van der Waals surface area (Å²) in [6, 6.07) is 18.6. The Morgan fingerprint density at radius 2 is 0.523 bits per heavy atom. The molecule has 4 aromatic rings. The van der Waals surface area contributed by atoms with E-state index in [4.69, 9.17) is 117 Å². The molecule has 0 amide bonds. The van der Waals surface area contributed by atoms with Crippen molar-refractivity contribution in [3.63, 3.8) is 0 Å². The molecule has 23 nitrogen and oxygen atoms in total. The van der Waals surface area contributed by atoms with E-state index in [9.17, 15) is 0 Å². The van der Waals surface area contributed by atoms with Crippen LogP contribution in [0.25, 0.3) is 0 Å². The molecule has 0 bridgehead atoms. The van der Waals surface area contributed by atoms with E-state index in [0.29, 0.717) is 85.5 Å². The molecule has 7 unspecified atom stereocenters. The molecule has 504 valence electrons. The maximum atomic E-state index is 9.11. The standard InChI is InChI=1S/C10H20O4.C10H14O4.C9H18O3.C9H12O3.C9H18O3.2C9H12O3/c2*11-3-7-1-8(4-12)10(6-14)2-9(7)5-13;2*10-4-7-1-8(5-11)3-9(2-7)6-12;2*10-4-7-1-2-8(5-11)9(3-7)6-12;10-4-7-2-1-3-8(5-11)9(7)6-12/h7-14H,1-6H2;1-2,11-14H,3-6H2;7-12H,1-6H2;1-3,10-12H,4-6H2;7-12H,1-6H2;2*1-3,10-12H,4-6H2. The predicted molar refractivity (Wildman–Crippen MR) is 325 cm³/mol. The highest BCUT2D eigenvalue weighted by atomic mass is 16.3. The van der Waals surface area contributed by atoms with Crippen LogP contribution in [0.3, 0.4) is 0 Å². The van der Waals surface area contributed by atoms with Gasteiger partial charge in [-0.25, -0.2) is 0 Å². The highest BCUT2D eigenvalue weighted by molar-refractivity contribution is 5.38. The molecule has 3 aliphatic carbocycles. The van der Waals surface area contributed by atoms with Crippen LogP contribution in [0.15, 0.2) is 66.7 Å². The van der Waals surface area contributed by atoms with Gasteiger partial charge in [-0.05, 0) is 183 Å². The maximum Gasteiger partial charge on any atom is 0.0688 e. The van der Waals surface area contributed by atoms with E-state index < -0.39 is 0 Å². The summed E-state index contributed by atoms with van der Waals surface area (Å²) in [6.45, 7) is -0.231. The number of aliphatic hydroxyl groups excluding tert-OH is 23. The summed E-state index contributed by atoms with van der Waals surface area (Å²) in [7, 11) is 0. The van der Waals surface area contributed by atoms with Crippen molar-refractivity contribution >= 4 is 0 Å². The molecule has 0 heterocycles. The smallest absolute Gasteiger partial charge is 0.0688 e. The molecule has 88 heavy (non-hydrogen) atoms. The monoisotopic (exact) mass is 1250 g/mol. The first-order valence-electron chi connectivity index (χ1n) is 30.0. The van der Waals surface area contributed by atoms with Crippen LogP contribution in [-0.2, 0) is 85.9 Å². The Hall–Kier alpha value is -4.04. The lowest BCUT2D eigenvalue weighted by Gasteiger charge is -2.38. The van der Waals surface area contributed by atoms with Gasteiger partial charge in [0.05, 0.1) is 85.9 Å². The summed E-state index contributed by atoms with van der Waals surface area (Å²) < 4.78 is 0. The molecule has 0 radical (unpaired) electrons. The van der Waals surface area contributed by atoms with Crippen LogP contribution < -0.4 is 0 Å². The van der Waals surface area contributed by atoms with Crippen LogP contribution in [0.4, 0.5) is 0 Å². The number of rotatable bonds is 23. The van der Waals surface area contributed by atoms with Crippen molar-refractivity contribution in [1.29, 1.82) is 0 Å². The molecule has 7 rings (SSSR count). The van der Waals surface area contributed by atoms with E-state index in [1.165, 1.54) is 0 Å². The van der Waals surface area contributed by atoms with Crippen molar-refractivity contribution in [3.8, 4) is 0 Å². The fraction of sp³-hybridized carbons (Fsp3) is 0.631. The number of benzene rings is 4. The third-order valence-corrected chi connectivity index (χ3v) is 16.8. The SMILES string of the molecule is OCC1CC(CO)C(CO)CC1CO.OCC1CC(CO)CC(CO)C1.OCC1CCC(CO)C(CO)C1.OCc1cc(CO)c(CO)cc1CO.OCc1cc(CO)cc(CO)c1.OCc1ccc(CO)c(CO)c1.OCc1cccc(CO)c1CO. The van der Waals surface area contributed by atoms with E-state index >= 15 is 0 Å². The Balaban J connectivity index is 0.000000514. The van der Waals surface area contributed by atoms with Gasteiger partial charge in [-0.2, -0.15) is 0 Å². The molecule has 23 N–H and O–H groups in total. The predicted octanol–water partition coefficient (Wildman–Crippen LogP) is -0.648. The third kappa shape index (κ3) is 28.2. The Bertz CT molecular complexity index is 2190. The quantitative estimate of drug-likeness (QED) is 0.0439. The van der Waals surface area contributed by atoms with E-state index in [2.05, 4.69) is 0 Å². The van der Waals surface area contributed by atoms with E-state index in [1.807, 2.05) is 0 Å². The van der Waals surface area contributed by atoms with Gasteiger partial charge in [-0.15, -0.1) is 0 Å². The van der Waals surface area contributed by atoms with Gasteiger partial charge >= 0.3 is 0 Å². The summed E-state index contributed by atoms with van der Waals surface area (Å²) in [5.41, 5.74) is 8.54. The van der Waals surface area contributed by atoms with Gasteiger partial charge in [0.1, 0.15) is 0 Å². The molecule has 23 heteroatoms. The molecular formula is C65H106O23. The fourth-order valence-corrected chi connectivity index (χ4v) is 11.4. The number of hydrogen-bond acceptors (Lipinski definition) is 23. The van der Waals surface area contributed by atoms with E-state index in [0.717, 1.165) is 44.1 Å². The van der Waals surface area contributed by atoms with Gasteiger partial charge in [0.25, 0.3) is 0 Å². The molecule has 3 fully saturated rings. The van der Waals surface area contributed by atoms with Crippen molar-refractivity contribution in [2.24, 2.45) is 59.2 Å². The highest BCUT2D eigenvalue weighted by Crippen LogP contribution is 2.38. The third-order valence-electron chi connectivity index (χ3n) is 16.8. The zero-order chi connectivity index (χ0) is 66.0. The van der Waals surface area contributed by atoms with Crippen LogP contribution in [0.5, 0.6) is 0 Å². The summed E-state index contributed by atoms with van der Waals surface area (Å²) in [5.74, 6) is 1.91. The van der Waals surface area contributed by atoms with Gasteiger partial charge in [0.15, 0.2) is 0 Å². The van der Waals surface area contributed by atoms with Crippen LogP contribution in [0.2, 0.25) is 0 Å². The summed E-state index contributed by atoms with van der Waals surface area (Å²) >= 11 is 0. The lowest BCUT2D eigenvalue weighted by atomic mass is 9.69. The first-order valence-corrected chi connectivity index (χ1v) is 30.0. The summed E-state index contributed by atoms with van der Waals surface area (Å²) in [5, 5.41) is 206. The Morgan fingerprint density at radius 3 is 0.795 bits per heavy atom. The molecule has 3 saturated carbocycles. The molecule has 0 spiro atoms. The Labute approximate surface area is 517 Å². The molecule has 7 atom stereocenters. The van der Waals surface area contributed by atoms with Gasteiger partial charge < -0.3 is 117 Å². The van der Waals surface area contributed by atoms with Gasteiger partial charge in [0, 0.05) is 66.1 Å². The van der Waals surface area contributed by atoms with E-state index in [-0.39, 0.29) is 205 Å². The van der Waals surface area contributed by atoms with Crippen molar-refractivity contribution < 1.29 is 117 Å². The highest BCUT2D eigenvalue weighted by Gasteiger charge is 2.36. The Kier molecular flexibility index (Phi) is 45.4. The minimum atomic E-state index is -0.186. The summed E-state index contributed by atoms with van der Waals surface area (Å²) in [4.78, 5) is 0. The second kappa shape index (κ2) is 48.7. The van der Waals surface area contributed by atoms with Crippen LogP contribution >= 0.6 is 0 Å². The average Bonchev–Trinajstić information content (AvgIpc) is 3.72. The number of hydrogen-bond donors (Lipinski definition) is 23. The molecule has 0 aromatic heterocycles. The summed E-state index contributed by atoms with van der Waals surface area (Å²) in [6.07, 6.45) is 6.90.